The highest BCUT2D eigenvalue weighted by Gasteiger charge is 2.14. The number of nitrogens with one attached hydrogen (secondary N) is 1. The first kappa shape index (κ1) is 17.2. The molecule has 5 heteroatoms. The van der Waals surface area contributed by atoms with Crippen LogP contribution in [0.15, 0.2) is 18.2 Å². The van der Waals surface area contributed by atoms with Crippen LogP contribution < -0.4 is 5.32 Å². The molecule has 1 aromatic rings. The third-order valence-corrected chi connectivity index (χ3v) is 3.21. The molecule has 1 aromatic carbocycles. The summed E-state index contributed by atoms with van der Waals surface area (Å²) in [4.78, 5) is 25.1. The van der Waals surface area contributed by atoms with Gasteiger partial charge in [0.25, 0.3) is 0 Å². The van der Waals surface area contributed by atoms with Crippen molar-refractivity contribution in [2.24, 2.45) is 0 Å². The Morgan fingerprint density at radius 3 is 2.57 bits per heavy atom. The lowest BCUT2D eigenvalue weighted by Gasteiger charge is -2.20. The molecule has 5 nitrogen and oxygen atoms in total. The normalized spacial score (nSPS) is 10.3. The minimum absolute atomic E-state index is 0.0619. The maximum Gasteiger partial charge on any atom is 0.244 e. The zero-order chi connectivity index (χ0) is 15.8. The van der Waals surface area contributed by atoms with Crippen LogP contribution in [0.25, 0.3) is 0 Å². The number of carbonyl (C=O) groups excluding carboxylic acids is 2. The van der Waals surface area contributed by atoms with Crippen molar-refractivity contribution in [1.29, 1.82) is 0 Å². The smallest absolute Gasteiger partial charge is 0.244 e. The Morgan fingerprint density at radius 2 is 2.00 bits per heavy atom. The van der Waals surface area contributed by atoms with Gasteiger partial charge in [-0.2, -0.15) is 0 Å². The van der Waals surface area contributed by atoms with Gasteiger partial charge in [0.05, 0.1) is 6.54 Å². The van der Waals surface area contributed by atoms with Crippen LogP contribution >= 0.6 is 0 Å². The van der Waals surface area contributed by atoms with Crippen molar-refractivity contribution in [3.63, 3.8) is 0 Å². The Hall–Kier alpha value is -1.88. The van der Waals surface area contributed by atoms with Gasteiger partial charge < -0.3 is 15.0 Å². The van der Waals surface area contributed by atoms with Crippen LogP contribution in [0.2, 0.25) is 0 Å². The number of rotatable bonds is 7. The van der Waals surface area contributed by atoms with Crippen LogP contribution in [0, 0.1) is 13.8 Å². The lowest BCUT2D eigenvalue weighted by atomic mass is 10.1. The van der Waals surface area contributed by atoms with Gasteiger partial charge in [0.1, 0.15) is 0 Å². The van der Waals surface area contributed by atoms with E-state index in [4.69, 9.17) is 4.74 Å². The molecule has 0 fully saturated rings. The first-order valence-corrected chi connectivity index (χ1v) is 7.05. The summed E-state index contributed by atoms with van der Waals surface area (Å²) in [5.74, 6) is -0.295. The van der Waals surface area contributed by atoms with Gasteiger partial charge in [-0.3, -0.25) is 9.59 Å². The van der Waals surface area contributed by atoms with Crippen molar-refractivity contribution in [1.82, 2.24) is 4.90 Å². The number of benzene rings is 1. The van der Waals surface area contributed by atoms with Gasteiger partial charge in [0.15, 0.2) is 0 Å². The van der Waals surface area contributed by atoms with Crippen molar-refractivity contribution in [2.75, 3.05) is 32.1 Å². The largest absolute Gasteiger partial charge is 0.385 e. The summed E-state index contributed by atoms with van der Waals surface area (Å²) in [7, 11) is 1.62. The van der Waals surface area contributed by atoms with E-state index in [0.29, 0.717) is 19.6 Å². The number of nitrogens with zero attached hydrogens (tertiary/aromatic N) is 1. The summed E-state index contributed by atoms with van der Waals surface area (Å²) in [5.41, 5.74) is 2.94. The predicted molar refractivity (Wildman–Crippen MR) is 83.3 cm³/mol. The van der Waals surface area contributed by atoms with Gasteiger partial charge in [-0.05, 0) is 31.9 Å². The zero-order valence-electron chi connectivity index (χ0n) is 13.2. The summed E-state index contributed by atoms with van der Waals surface area (Å²) < 4.78 is 4.96. The fraction of sp³-hybridized carbons (Fsp3) is 0.500. The summed E-state index contributed by atoms with van der Waals surface area (Å²) in [6.45, 7) is 6.57. The van der Waals surface area contributed by atoms with Crippen LogP contribution in [0.5, 0.6) is 0 Å². The van der Waals surface area contributed by atoms with E-state index in [2.05, 4.69) is 5.32 Å². The Bertz CT molecular complexity index is 500. The van der Waals surface area contributed by atoms with E-state index in [-0.39, 0.29) is 18.4 Å². The molecule has 0 heterocycles. The molecule has 21 heavy (non-hydrogen) atoms. The molecule has 0 atom stereocenters. The van der Waals surface area contributed by atoms with Gasteiger partial charge in [-0.1, -0.05) is 17.7 Å². The standard InChI is InChI=1S/C16H24N2O3/c1-12-6-7-15(13(2)10-12)17-16(20)11-18(14(3)19)8-5-9-21-4/h6-7,10H,5,8-9,11H2,1-4H3,(H,17,20). The first-order chi connectivity index (χ1) is 9.93. The molecule has 116 valence electrons. The SMILES string of the molecule is COCCCN(CC(=O)Nc1ccc(C)cc1C)C(C)=O. The molecule has 0 spiro atoms. The lowest BCUT2D eigenvalue weighted by molar-refractivity contribution is -0.132. The Kier molecular flexibility index (Phi) is 6.88. The average molecular weight is 292 g/mol. The summed E-state index contributed by atoms with van der Waals surface area (Å²) in [5, 5.41) is 2.85. The second kappa shape index (κ2) is 8.42. The van der Waals surface area contributed by atoms with Crippen molar-refractivity contribution >= 4 is 17.5 Å². The molecule has 0 aliphatic heterocycles. The third kappa shape index (κ3) is 5.95. The number of carbonyl (C=O) groups is 2. The maximum absolute atomic E-state index is 12.1. The second-order valence-electron chi connectivity index (χ2n) is 5.15. The van der Waals surface area contributed by atoms with E-state index in [0.717, 1.165) is 16.8 Å². The first-order valence-electron chi connectivity index (χ1n) is 7.05. The van der Waals surface area contributed by atoms with E-state index in [9.17, 15) is 9.59 Å². The van der Waals surface area contributed by atoms with Gasteiger partial charge in [-0.25, -0.2) is 0 Å². The van der Waals surface area contributed by atoms with Crippen molar-refractivity contribution in [2.45, 2.75) is 27.2 Å². The number of amides is 2. The van der Waals surface area contributed by atoms with Crippen molar-refractivity contribution < 1.29 is 14.3 Å². The zero-order valence-corrected chi connectivity index (χ0v) is 13.2. The monoisotopic (exact) mass is 292 g/mol. The fourth-order valence-electron chi connectivity index (χ4n) is 2.06. The minimum Gasteiger partial charge on any atom is -0.385 e. The van der Waals surface area contributed by atoms with Crippen molar-refractivity contribution in [3.05, 3.63) is 29.3 Å². The van der Waals surface area contributed by atoms with E-state index < -0.39 is 0 Å². The molecular weight excluding hydrogens is 268 g/mol. The molecule has 0 radical (unpaired) electrons. The molecule has 0 unspecified atom stereocenters. The lowest BCUT2D eigenvalue weighted by Crippen LogP contribution is -2.37. The maximum atomic E-state index is 12.1. The number of methoxy groups -OCH3 is 1. The van der Waals surface area contributed by atoms with Gasteiger partial charge in [0.2, 0.25) is 11.8 Å². The van der Waals surface area contributed by atoms with Gasteiger partial charge in [-0.15, -0.1) is 0 Å². The number of hydrogen-bond donors (Lipinski definition) is 1. The molecule has 2 amide bonds. The van der Waals surface area contributed by atoms with Crippen LogP contribution in [-0.4, -0.2) is 43.5 Å². The predicted octanol–water partition coefficient (Wildman–Crippen LogP) is 2.13. The van der Waals surface area contributed by atoms with E-state index in [1.165, 1.54) is 11.8 Å². The Morgan fingerprint density at radius 1 is 1.29 bits per heavy atom. The van der Waals surface area contributed by atoms with Crippen LogP contribution in [-0.2, 0) is 14.3 Å². The molecule has 0 saturated heterocycles. The number of hydrogen-bond acceptors (Lipinski definition) is 3. The number of ether oxygens (including phenoxy) is 1. The van der Waals surface area contributed by atoms with Crippen LogP contribution in [0.1, 0.15) is 24.5 Å². The highest BCUT2D eigenvalue weighted by molar-refractivity contribution is 5.94. The van der Waals surface area contributed by atoms with Crippen LogP contribution in [0.4, 0.5) is 5.69 Å². The minimum atomic E-state index is -0.186. The molecule has 1 rings (SSSR count). The molecule has 0 aliphatic rings. The summed E-state index contributed by atoms with van der Waals surface area (Å²) in [6, 6.07) is 5.84. The highest BCUT2D eigenvalue weighted by atomic mass is 16.5. The molecule has 0 aliphatic carbocycles. The Balaban J connectivity index is 2.59. The molecule has 0 bridgehead atoms. The molecule has 0 saturated carbocycles. The van der Waals surface area contributed by atoms with Gasteiger partial charge in [0, 0.05) is 32.9 Å². The summed E-state index contributed by atoms with van der Waals surface area (Å²) >= 11 is 0. The number of aryl methyl sites for hydroxylation is 2. The van der Waals surface area contributed by atoms with Crippen LogP contribution in [0.3, 0.4) is 0 Å². The average Bonchev–Trinajstić information content (AvgIpc) is 2.41. The quantitative estimate of drug-likeness (QED) is 0.783. The second-order valence-corrected chi connectivity index (χ2v) is 5.15. The number of anilines is 1. The molecule has 1 N–H and O–H groups in total. The van der Waals surface area contributed by atoms with E-state index in [1.807, 2.05) is 32.0 Å². The van der Waals surface area contributed by atoms with E-state index >= 15 is 0 Å². The third-order valence-electron chi connectivity index (χ3n) is 3.21. The van der Waals surface area contributed by atoms with E-state index in [1.54, 1.807) is 7.11 Å². The van der Waals surface area contributed by atoms with Gasteiger partial charge >= 0.3 is 0 Å². The molecule has 0 aromatic heterocycles. The fourth-order valence-corrected chi connectivity index (χ4v) is 2.06. The Labute approximate surface area is 126 Å². The highest BCUT2D eigenvalue weighted by Crippen LogP contribution is 2.15. The molecular formula is C16H24N2O3. The topological polar surface area (TPSA) is 58.6 Å². The summed E-state index contributed by atoms with van der Waals surface area (Å²) in [6.07, 6.45) is 0.715. The van der Waals surface area contributed by atoms with Crippen molar-refractivity contribution in [3.8, 4) is 0 Å².